The van der Waals surface area contributed by atoms with Crippen LogP contribution in [0.3, 0.4) is 0 Å². The van der Waals surface area contributed by atoms with Crippen molar-refractivity contribution in [2.75, 3.05) is 19.7 Å². The van der Waals surface area contributed by atoms with Gasteiger partial charge in [0.15, 0.2) is 0 Å². The topological polar surface area (TPSA) is 38.3 Å². The van der Waals surface area contributed by atoms with Crippen LogP contribution >= 0.6 is 0 Å². The Labute approximate surface area is 78.8 Å². The van der Waals surface area contributed by atoms with Crippen LogP contribution in [0.2, 0.25) is 0 Å². The van der Waals surface area contributed by atoms with Gasteiger partial charge in [-0.05, 0) is 38.6 Å². The number of rotatable bonds is 3. The lowest BCUT2D eigenvalue weighted by Gasteiger charge is -2.25. The minimum Gasteiger partial charge on any atom is -0.466 e. The maximum atomic E-state index is 11.8. The average Bonchev–Trinajstić information content (AvgIpc) is 2.85. The average molecular weight is 183 g/mol. The van der Waals surface area contributed by atoms with Crippen LogP contribution in [0.25, 0.3) is 0 Å². The van der Waals surface area contributed by atoms with Crippen molar-refractivity contribution in [1.29, 1.82) is 0 Å². The Balaban J connectivity index is 2.07. The van der Waals surface area contributed by atoms with Gasteiger partial charge in [-0.25, -0.2) is 0 Å². The molecule has 3 heteroatoms. The fourth-order valence-corrected chi connectivity index (χ4v) is 2.31. The van der Waals surface area contributed by atoms with Crippen LogP contribution < -0.4 is 5.32 Å². The third-order valence-corrected chi connectivity index (χ3v) is 3.23. The summed E-state index contributed by atoms with van der Waals surface area (Å²) >= 11 is 0. The molecule has 1 N–H and O–H groups in total. The molecule has 0 aromatic carbocycles. The Hall–Kier alpha value is -0.570. The third-order valence-electron chi connectivity index (χ3n) is 3.23. The largest absolute Gasteiger partial charge is 0.466 e. The summed E-state index contributed by atoms with van der Waals surface area (Å²) in [6.07, 6.45) is 3.39. The molecule has 0 aromatic heterocycles. The van der Waals surface area contributed by atoms with Gasteiger partial charge in [0.2, 0.25) is 0 Å². The van der Waals surface area contributed by atoms with Gasteiger partial charge in [0.25, 0.3) is 0 Å². The van der Waals surface area contributed by atoms with E-state index in [4.69, 9.17) is 4.74 Å². The molecule has 2 aliphatic rings. The minimum absolute atomic E-state index is 0.0301. The van der Waals surface area contributed by atoms with Crippen LogP contribution in [-0.2, 0) is 9.53 Å². The number of ether oxygens (including phenoxy) is 1. The van der Waals surface area contributed by atoms with E-state index in [0.29, 0.717) is 12.5 Å². The molecule has 1 unspecified atom stereocenters. The first-order valence-electron chi connectivity index (χ1n) is 5.17. The van der Waals surface area contributed by atoms with Crippen molar-refractivity contribution in [1.82, 2.24) is 5.32 Å². The van der Waals surface area contributed by atoms with E-state index >= 15 is 0 Å². The molecule has 2 rings (SSSR count). The second-order valence-corrected chi connectivity index (χ2v) is 4.08. The summed E-state index contributed by atoms with van der Waals surface area (Å²) in [4.78, 5) is 11.8. The van der Waals surface area contributed by atoms with Gasteiger partial charge >= 0.3 is 5.97 Å². The highest BCUT2D eigenvalue weighted by atomic mass is 16.5. The molecule has 3 nitrogen and oxygen atoms in total. The molecule has 0 aromatic rings. The first kappa shape index (κ1) is 9.00. The highest BCUT2D eigenvalue weighted by molar-refractivity contribution is 5.78. The van der Waals surface area contributed by atoms with Crippen LogP contribution in [0.15, 0.2) is 0 Å². The molecule has 1 saturated carbocycles. The number of hydrogen-bond donors (Lipinski definition) is 1. The maximum absolute atomic E-state index is 11.8. The van der Waals surface area contributed by atoms with Crippen molar-refractivity contribution >= 4 is 5.97 Å². The lowest BCUT2D eigenvalue weighted by Crippen LogP contribution is -2.37. The molecule has 1 heterocycles. The van der Waals surface area contributed by atoms with Gasteiger partial charge in [0.1, 0.15) is 0 Å². The van der Waals surface area contributed by atoms with Crippen molar-refractivity contribution in [3.05, 3.63) is 0 Å². The van der Waals surface area contributed by atoms with E-state index in [1.807, 2.05) is 6.92 Å². The van der Waals surface area contributed by atoms with E-state index in [-0.39, 0.29) is 11.4 Å². The first-order valence-corrected chi connectivity index (χ1v) is 5.17. The second kappa shape index (κ2) is 3.29. The Morgan fingerprint density at radius 3 is 2.85 bits per heavy atom. The van der Waals surface area contributed by atoms with Crippen molar-refractivity contribution < 1.29 is 9.53 Å². The Morgan fingerprint density at radius 1 is 1.62 bits per heavy atom. The number of carbonyl (C=O) groups excluding carboxylic acids is 1. The van der Waals surface area contributed by atoms with Gasteiger partial charge in [0.05, 0.1) is 12.0 Å². The molecular formula is C10H17NO2. The normalized spacial score (nSPS) is 33.3. The fourth-order valence-electron chi connectivity index (χ4n) is 2.31. The zero-order valence-electron chi connectivity index (χ0n) is 8.14. The van der Waals surface area contributed by atoms with Crippen molar-refractivity contribution in [2.24, 2.45) is 11.3 Å². The molecule has 0 bridgehead atoms. The van der Waals surface area contributed by atoms with Gasteiger partial charge in [-0.1, -0.05) is 0 Å². The minimum atomic E-state index is -0.157. The molecular weight excluding hydrogens is 166 g/mol. The summed E-state index contributed by atoms with van der Waals surface area (Å²) < 4.78 is 5.15. The van der Waals surface area contributed by atoms with Crippen LogP contribution in [0, 0.1) is 11.3 Å². The third kappa shape index (κ3) is 1.46. The monoisotopic (exact) mass is 183 g/mol. The number of nitrogens with one attached hydrogen (secondary N) is 1. The summed E-state index contributed by atoms with van der Waals surface area (Å²) in [5.41, 5.74) is -0.157. The Morgan fingerprint density at radius 2 is 2.38 bits per heavy atom. The zero-order chi connectivity index (χ0) is 9.31. The number of hydrogen-bond acceptors (Lipinski definition) is 3. The zero-order valence-corrected chi connectivity index (χ0v) is 8.14. The van der Waals surface area contributed by atoms with E-state index in [1.54, 1.807) is 0 Å². The summed E-state index contributed by atoms with van der Waals surface area (Å²) in [6, 6.07) is 0. The molecule has 1 aliphatic heterocycles. The summed E-state index contributed by atoms with van der Waals surface area (Å²) in [6.45, 7) is 4.18. The quantitative estimate of drug-likeness (QED) is 0.662. The summed E-state index contributed by atoms with van der Waals surface area (Å²) in [7, 11) is 0. The van der Waals surface area contributed by atoms with E-state index in [0.717, 1.165) is 19.5 Å². The van der Waals surface area contributed by atoms with Gasteiger partial charge in [-0.2, -0.15) is 0 Å². The molecule has 74 valence electrons. The first-order chi connectivity index (χ1) is 6.29. The molecule has 1 atom stereocenters. The molecule has 0 spiro atoms. The molecule has 1 aliphatic carbocycles. The molecule has 2 fully saturated rings. The second-order valence-electron chi connectivity index (χ2n) is 4.08. The Bertz CT molecular complexity index is 205. The molecule has 13 heavy (non-hydrogen) atoms. The van der Waals surface area contributed by atoms with Gasteiger partial charge in [-0.3, -0.25) is 4.79 Å². The molecule has 0 radical (unpaired) electrons. The van der Waals surface area contributed by atoms with E-state index in [1.165, 1.54) is 12.8 Å². The van der Waals surface area contributed by atoms with Crippen LogP contribution in [-0.4, -0.2) is 25.7 Å². The summed E-state index contributed by atoms with van der Waals surface area (Å²) in [5.74, 6) is 0.629. The summed E-state index contributed by atoms with van der Waals surface area (Å²) in [5, 5.41) is 3.27. The standard InChI is InChI=1S/C10H17NO2/c1-2-13-9(12)10(8-3-4-8)5-6-11-7-10/h8,11H,2-7H2,1H3. The van der Waals surface area contributed by atoms with Crippen LogP contribution in [0.4, 0.5) is 0 Å². The number of carbonyl (C=O) groups is 1. The lowest BCUT2D eigenvalue weighted by atomic mass is 9.82. The van der Waals surface area contributed by atoms with Gasteiger partial charge in [-0.15, -0.1) is 0 Å². The van der Waals surface area contributed by atoms with E-state index in [9.17, 15) is 4.79 Å². The predicted octanol–water partition coefficient (Wildman–Crippen LogP) is 0.939. The highest BCUT2D eigenvalue weighted by Gasteiger charge is 2.53. The molecule has 0 amide bonds. The van der Waals surface area contributed by atoms with E-state index < -0.39 is 0 Å². The smallest absolute Gasteiger partial charge is 0.313 e. The highest BCUT2D eigenvalue weighted by Crippen LogP contribution is 2.49. The SMILES string of the molecule is CCOC(=O)C1(C2CC2)CCNC1. The maximum Gasteiger partial charge on any atom is 0.313 e. The fraction of sp³-hybridized carbons (Fsp3) is 0.900. The van der Waals surface area contributed by atoms with Gasteiger partial charge in [0, 0.05) is 6.54 Å². The Kier molecular flexibility index (Phi) is 2.28. The predicted molar refractivity (Wildman–Crippen MR) is 49.3 cm³/mol. The molecule has 1 saturated heterocycles. The lowest BCUT2D eigenvalue weighted by molar-refractivity contribution is -0.155. The van der Waals surface area contributed by atoms with Crippen LogP contribution in [0.5, 0.6) is 0 Å². The van der Waals surface area contributed by atoms with Gasteiger partial charge < -0.3 is 10.1 Å². The van der Waals surface area contributed by atoms with Crippen LogP contribution in [0.1, 0.15) is 26.2 Å². The van der Waals surface area contributed by atoms with Crippen molar-refractivity contribution in [3.63, 3.8) is 0 Å². The van der Waals surface area contributed by atoms with E-state index in [2.05, 4.69) is 5.32 Å². The van der Waals surface area contributed by atoms with Crippen molar-refractivity contribution in [3.8, 4) is 0 Å². The number of esters is 1. The van der Waals surface area contributed by atoms with Crippen molar-refractivity contribution in [2.45, 2.75) is 26.2 Å².